The van der Waals surface area contributed by atoms with Crippen LogP contribution in [0.4, 0.5) is 5.69 Å². The Labute approximate surface area is 115 Å². The van der Waals surface area contributed by atoms with Gasteiger partial charge in [-0.1, -0.05) is 42.5 Å². The summed E-state index contributed by atoms with van der Waals surface area (Å²) in [7, 11) is 1.98. The predicted octanol–water partition coefficient (Wildman–Crippen LogP) is 5.25. The largest absolute Gasteiger partial charge is 0.387 e. The molecule has 1 heterocycles. The summed E-state index contributed by atoms with van der Waals surface area (Å²) >= 11 is 1.87. The van der Waals surface area contributed by atoms with Crippen LogP contribution in [0, 0.1) is 0 Å². The summed E-state index contributed by atoms with van der Waals surface area (Å²) in [5.74, 6) is 0. The lowest BCUT2D eigenvalue weighted by Crippen LogP contribution is -1.86. The van der Waals surface area contributed by atoms with Crippen LogP contribution in [0.25, 0.3) is 30.9 Å². The minimum absolute atomic E-state index is 1.21. The molecule has 0 amide bonds. The van der Waals surface area contributed by atoms with E-state index in [1.54, 1.807) is 0 Å². The summed E-state index contributed by atoms with van der Waals surface area (Å²) in [5, 5.41) is 8.68. The quantitative estimate of drug-likeness (QED) is 0.494. The van der Waals surface area contributed by atoms with Gasteiger partial charge in [0.25, 0.3) is 0 Å². The van der Waals surface area contributed by atoms with Gasteiger partial charge in [-0.2, -0.15) is 0 Å². The summed E-state index contributed by atoms with van der Waals surface area (Å²) < 4.78 is 2.70. The zero-order valence-corrected chi connectivity index (χ0v) is 11.4. The van der Waals surface area contributed by atoms with Crippen molar-refractivity contribution in [2.24, 2.45) is 0 Å². The highest BCUT2D eigenvalue weighted by atomic mass is 32.1. The topological polar surface area (TPSA) is 12.0 Å². The normalized spacial score (nSPS) is 11.4. The molecule has 0 radical (unpaired) electrons. The molecule has 0 aliphatic rings. The van der Waals surface area contributed by atoms with Gasteiger partial charge in [0.05, 0.1) is 10.4 Å². The third kappa shape index (κ3) is 1.47. The van der Waals surface area contributed by atoms with E-state index in [0.29, 0.717) is 0 Å². The van der Waals surface area contributed by atoms with E-state index in [4.69, 9.17) is 0 Å². The van der Waals surface area contributed by atoms with Gasteiger partial charge < -0.3 is 5.32 Å². The molecule has 4 aromatic rings. The van der Waals surface area contributed by atoms with Crippen LogP contribution in [0.5, 0.6) is 0 Å². The zero-order chi connectivity index (χ0) is 12.8. The molecule has 0 saturated heterocycles. The molecule has 1 aromatic heterocycles. The van der Waals surface area contributed by atoms with Gasteiger partial charge in [-0.05, 0) is 22.9 Å². The lowest BCUT2D eigenvalue weighted by atomic mass is 10.0. The van der Waals surface area contributed by atoms with Crippen LogP contribution < -0.4 is 5.32 Å². The molecule has 0 aliphatic carbocycles. The summed E-state index contributed by atoms with van der Waals surface area (Å²) in [5.41, 5.74) is 1.21. The molecular formula is C17H13NS. The number of thiophene rings is 1. The Morgan fingerprint density at radius 2 is 1.68 bits per heavy atom. The first-order valence-corrected chi connectivity index (χ1v) is 7.21. The van der Waals surface area contributed by atoms with E-state index in [-0.39, 0.29) is 0 Å². The smallest absolute Gasteiger partial charge is 0.0587 e. The fraction of sp³-hybridized carbons (Fsp3) is 0.0588. The van der Waals surface area contributed by atoms with Crippen LogP contribution >= 0.6 is 11.3 Å². The maximum atomic E-state index is 3.29. The molecular weight excluding hydrogens is 250 g/mol. The number of benzene rings is 3. The third-order valence-electron chi connectivity index (χ3n) is 3.66. The van der Waals surface area contributed by atoms with Crippen molar-refractivity contribution in [2.45, 2.75) is 0 Å². The second kappa shape index (κ2) is 3.97. The maximum Gasteiger partial charge on any atom is 0.0587 e. The summed E-state index contributed by atoms with van der Waals surface area (Å²) in [4.78, 5) is 0. The van der Waals surface area contributed by atoms with Gasteiger partial charge in [0.2, 0.25) is 0 Å². The SMILES string of the molecule is CNc1cccc2c1sc1ccc3ccccc3c12. The van der Waals surface area contributed by atoms with Gasteiger partial charge >= 0.3 is 0 Å². The van der Waals surface area contributed by atoms with Crippen molar-refractivity contribution in [1.29, 1.82) is 0 Å². The van der Waals surface area contributed by atoms with E-state index in [9.17, 15) is 0 Å². The summed E-state index contributed by atoms with van der Waals surface area (Å²) in [6, 6.07) is 19.6. The van der Waals surface area contributed by atoms with Crippen LogP contribution in [-0.4, -0.2) is 7.05 Å². The molecule has 92 valence electrons. The molecule has 0 spiro atoms. The zero-order valence-electron chi connectivity index (χ0n) is 10.6. The van der Waals surface area contributed by atoms with Crippen LogP contribution in [0.15, 0.2) is 54.6 Å². The third-order valence-corrected chi connectivity index (χ3v) is 4.86. The van der Waals surface area contributed by atoms with Crippen LogP contribution in [0.1, 0.15) is 0 Å². The van der Waals surface area contributed by atoms with E-state index < -0.39 is 0 Å². The second-order valence-corrected chi connectivity index (χ2v) is 5.75. The van der Waals surface area contributed by atoms with Gasteiger partial charge in [0.15, 0.2) is 0 Å². The summed E-state index contributed by atoms with van der Waals surface area (Å²) in [6.45, 7) is 0. The lowest BCUT2D eigenvalue weighted by Gasteiger charge is -2.02. The predicted molar refractivity (Wildman–Crippen MR) is 86.4 cm³/mol. The first-order valence-electron chi connectivity index (χ1n) is 6.39. The molecule has 0 aliphatic heterocycles. The highest BCUT2D eigenvalue weighted by Crippen LogP contribution is 2.41. The first kappa shape index (κ1) is 10.8. The Hall–Kier alpha value is -2.06. The van der Waals surface area contributed by atoms with Gasteiger partial charge in [-0.15, -0.1) is 11.3 Å². The van der Waals surface area contributed by atoms with E-state index in [0.717, 1.165) is 0 Å². The van der Waals surface area contributed by atoms with Crippen LogP contribution in [-0.2, 0) is 0 Å². The van der Waals surface area contributed by atoms with E-state index in [2.05, 4.69) is 59.9 Å². The van der Waals surface area contributed by atoms with E-state index >= 15 is 0 Å². The first-order chi connectivity index (χ1) is 9.38. The molecule has 3 aromatic carbocycles. The second-order valence-electron chi connectivity index (χ2n) is 4.69. The fourth-order valence-electron chi connectivity index (χ4n) is 2.77. The average molecular weight is 263 g/mol. The molecule has 19 heavy (non-hydrogen) atoms. The molecule has 0 atom stereocenters. The molecule has 0 saturated carbocycles. The number of rotatable bonds is 1. The monoisotopic (exact) mass is 263 g/mol. The van der Waals surface area contributed by atoms with Gasteiger partial charge in [-0.3, -0.25) is 0 Å². The minimum Gasteiger partial charge on any atom is -0.387 e. The van der Waals surface area contributed by atoms with Gasteiger partial charge in [0, 0.05) is 22.5 Å². The lowest BCUT2D eigenvalue weighted by molar-refractivity contribution is 1.56. The standard InChI is InChI=1S/C17H13NS/c1-18-14-8-4-7-13-16-12-6-3-2-5-11(12)9-10-15(16)19-17(13)14/h2-10,18H,1H3. The number of nitrogens with one attached hydrogen (secondary N) is 1. The molecule has 2 heteroatoms. The molecule has 0 bridgehead atoms. The van der Waals surface area contributed by atoms with Crippen molar-refractivity contribution in [3.05, 3.63) is 54.6 Å². The molecule has 0 unspecified atom stereocenters. The van der Waals surface area contributed by atoms with Crippen molar-refractivity contribution in [1.82, 2.24) is 0 Å². The fourth-order valence-corrected chi connectivity index (χ4v) is 4.00. The minimum atomic E-state index is 1.21. The molecule has 1 nitrogen and oxygen atoms in total. The Balaban J connectivity index is 2.30. The molecule has 4 rings (SSSR count). The molecule has 0 fully saturated rings. The number of anilines is 1. The number of hydrogen-bond acceptors (Lipinski definition) is 2. The van der Waals surface area contributed by atoms with Crippen molar-refractivity contribution < 1.29 is 0 Å². The Morgan fingerprint density at radius 1 is 0.842 bits per heavy atom. The highest BCUT2D eigenvalue weighted by Gasteiger charge is 2.10. The van der Waals surface area contributed by atoms with Crippen LogP contribution in [0.3, 0.4) is 0 Å². The number of hydrogen-bond donors (Lipinski definition) is 1. The Kier molecular flexibility index (Phi) is 2.26. The van der Waals surface area contributed by atoms with E-state index in [1.807, 2.05) is 18.4 Å². The van der Waals surface area contributed by atoms with Crippen LogP contribution in [0.2, 0.25) is 0 Å². The van der Waals surface area contributed by atoms with Crippen molar-refractivity contribution in [3.8, 4) is 0 Å². The van der Waals surface area contributed by atoms with Gasteiger partial charge in [-0.25, -0.2) is 0 Å². The average Bonchev–Trinajstić information content (AvgIpc) is 2.86. The number of fused-ring (bicyclic) bond motifs is 5. The molecule has 1 N–H and O–H groups in total. The Bertz CT molecular complexity index is 905. The Morgan fingerprint density at radius 3 is 2.58 bits per heavy atom. The highest BCUT2D eigenvalue weighted by molar-refractivity contribution is 7.26. The summed E-state index contributed by atoms with van der Waals surface area (Å²) in [6.07, 6.45) is 0. The maximum absolute atomic E-state index is 3.29. The van der Waals surface area contributed by atoms with Crippen molar-refractivity contribution >= 4 is 48.0 Å². The van der Waals surface area contributed by atoms with Gasteiger partial charge in [0.1, 0.15) is 0 Å². The van der Waals surface area contributed by atoms with Crippen molar-refractivity contribution in [3.63, 3.8) is 0 Å². The van der Waals surface area contributed by atoms with E-state index in [1.165, 1.54) is 36.6 Å². The van der Waals surface area contributed by atoms with Crippen molar-refractivity contribution in [2.75, 3.05) is 12.4 Å².